The fourth-order valence-corrected chi connectivity index (χ4v) is 2.11. The molecule has 0 radical (unpaired) electrons. The summed E-state index contributed by atoms with van der Waals surface area (Å²) in [5.74, 6) is -0.665. The summed E-state index contributed by atoms with van der Waals surface area (Å²) in [6, 6.07) is 0.244. The van der Waals surface area contributed by atoms with Crippen LogP contribution in [0.2, 0.25) is 0 Å². The van der Waals surface area contributed by atoms with Crippen molar-refractivity contribution in [3.8, 4) is 0 Å². The number of aliphatic carboxylic acids is 1. The van der Waals surface area contributed by atoms with Crippen molar-refractivity contribution in [2.24, 2.45) is 5.92 Å². The summed E-state index contributed by atoms with van der Waals surface area (Å²) in [5.41, 5.74) is 0. The van der Waals surface area contributed by atoms with Crippen LogP contribution in [0.1, 0.15) is 33.1 Å². The molecule has 0 bridgehead atoms. The summed E-state index contributed by atoms with van der Waals surface area (Å²) in [4.78, 5) is 26.2. The molecule has 0 aromatic carbocycles. The molecular formula is C12H22N2O3. The molecule has 17 heavy (non-hydrogen) atoms. The molecular weight excluding hydrogens is 220 g/mol. The highest BCUT2D eigenvalue weighted by molar-refractivity contribution is 5.75. The smallest absolute Gasteiger partial charge is 0.319 e. The fraction of sp³-hybridized carbons (Fsp3) is 0.833. The molecule has 2 atom stereocenters. The van der Waals surface area contributed by atoms with Gasteiger partial charge in [-0.05, 0) is 25.7 Å². The number of hydrogen-bond donors (Lipinski definition) is 1. The molecule has 5 nitrogen and oxygen atoms in total. The van der Waals surface area contributed by atoms with Crippen molar-refractivity contribution in [1.82, 2.24) is 9.80 Å². The molecule has 0 spiro atoms. The quantitative estimate of drug-likeness (QED) is 0.815. The molecule has 0 aromatic heterocycles. The third-order valence-electron chi connectivity index (χ3n) is 3.57. The second-order valence-corrected chi connectivity index (χ2v) is 4.85. The maximum atomic E-state index is 12.1. The maximum Gasteiger partial charge on any atom is 0.319 e. The molecule has 1 aliphatic heterocycles. The summed E-state index contributed by atoms with van der Waals surface area (Å²) in [6.07, 6.45) is 1.89. The van der Waals surface area contributed by atoms with Crippen LogP contribution in [0.4, 0.5) is 4.79 Å². The van der Waals surface area contributed by atoms with Gasteiger partial charge in [0.15, 0.2) is 0 Å². The number of carbonyl (C=O) groups excluding carboxylic acids is 1. The predicted octanol–water partition coefficient (Wildman–Crippen LogP) is 1.63. The minimum Gasteiger partial charge on any atom is -0.481 e. The standard InChI is InChI=1S/C12H22N2O3/c1-4-9(2)13(3)12(17)14-6-5-10(8-14)7-11(15)16/h9-10H,4-8H2,1-3H3,(H,15,16). The van der Waals surface area contributed by atoms with Gasteiger partial charge in [0, 0.05) is 32.6 Å². The topological polar surface area (TPSA) is 60.9 Å². The lowest BCUT2D eigenvalue weighted by Crippen LogP contribution is -2.44. The number of urea groups is 1. The summed E-state index contributed by atoms with van der Waals surface area (Å²) in [5, 5.41) is 8.72. The number of hydrogen-bond acceptors (Lipinski definition) is 2. The third-order valence-corrected chi connectivity index (χ3v) is 3.57. The molecule has 98 valence electrons. The molecule has 1 heterocycles. The Hall–Kier alpha value is -1.26. The zero-order valence-corrected chi connectivity index (χ0v) is 10.8. The van der Waals surface area contributed by atoms with Gasteiger partial charge in [-0.2, -0.15) is 0 Å². The van der Waals surface area contributed by atoms with E-state index in [1.165, 1.54) is 0 Å². The van der Waals surface area contributed by atoms with Gasteiger partial charge in [0.2, 0.25) is 0 Å². The van der Waals surface area contributed by atoms with E-state index in [1.807, 2.05) is 13.8 Å². The van der Waals surface area contributed by atoms with Crippen molar-refractivity contribution in [1.29, 1.82) is 0 Å². The van der Waals surface area contributed by atoms with E-state index in [1.54, 1.807) is 16.8 Å². The highest BCUT2D eigenvalue weighted by Gasteiger charge is 2.30. The molecule has 1 fully saturated rings. The van der Waals surface area contributed by atoms with Crippen LogP contribution in [-0.2, 0) is 4.79 Å². The van der Waals surface area contributed by atoms with Crippen LogP contribution in [-0.4, -0.2) is 53.1 Å². The molecule has 5 heteroatoms. The number of carboxylic acids is 1. The molecule has 2 unspecified atom stereocenters. The van der Waals surface area contributed by atoms with Gasteiger partial charge in [-0.1, -0.05) is 6.92 Å². The van der Waals surface area contributed by atoms with Gasteiger partial charge in [-0.25, -0.2) is 4.79 Å². The van der Waals surface area contributed by atoms with E-state index in [9.17, 15) is 9.59 Å². The maximum absolute atomic E-state index is 12.1. The van der Waals surface area contributed by atoms with Gasteiger partial charge in [0.25, 0.3) is 0 Å². The van der Waals surface area contributed by atoms with Gasteiger partial charge in [-0.15, -0.1) is 0 Å². The van der Waals surface area contributed by atoms with Crippen LogP contribution in [0.3, 0.4) is 0 Å². The van der Waals surface area contributed by atoms with Crippen molar-refractivity contribution < 1.29 is 14.7 Å². The lowest BCUT2D eigenvalue weighted by molar-refractivity contribution is -0.138. The summed E-state index contributed by atoms with van der Waals surface area (Å²) >= 11 is 0. The van der Waals surface area contributed by atoms with Crippen molar-refractivity contribution in [3.05, 3.63) is 0 Å². The van der Waals surface area contributed by atoms with E-state index in [0.29, 0.717) is 13.1 Å². The molecule has 1 saturated heterocycles. The van der Waals surface area contributed by atoms with Crippen molar-refractivity contribution in [3.63, 3.8) is 0 Å². The monoisotopic (exact) mass is 242 g/mol. The van der Waals surface area contributed by atoms with Gasteiger partial charge in [0.05, 0.1) is 0 Å². The second-order valence-electron chi connectivity index (χ2n) is 4.85. The van der Waals surface area contributed by atoms with E-state index in [2.05, 4.69) is 0 Å². The number of rotatable bonds is 4. The zero-order valence-electron chi connectivity index (χ0n) is 10.8. The number of carboxylic acid groups (broad SMARTS) is 1. The summed E-state index contributed by atoms with van der Waals surface area (Å²) in [6.45, 7) is 5.32. The molecule has 2 amide bonds. The molecule has 0 aromatic rings. The number of likely N-dealkylation sites (tertiary alicyclic amines) is 1. The highest BCUT2D eigenvalue weighted by atomic mass is 16.4. The van der Waals surface area contributed by atoms with Gasteiger partial charge in [-0.3, -0.25) is 4.79 Å². The van der Waals surface area contributed by atoms with Crippen LogP contribution in [0.15, 0.2) is 0 Å². The van der Waals surface area contributed by atoms with Crippen molar-refractivity contribution >= 4 is 12.0 Å². The van der Waals surface area contributed by atoms with Gasteiger partial charge >= 0.3 is 12.0 Å². The number of carbonyl (C=O) groups is 2. The van der Waals surface area contributed by atoms with E-state index >= 15 is 0 Å². The molecule has 1 N–H and O–H groups in total. The summed E-state index contributed by atoms with van der Waals surface area (Å²) in [7, 11) is 1.81. The van der Waals surface area contributed by atoms with E-state index in [-0.39, 0.29) is 24.4 Å². The Balaban J connectivity index is 2.47. The van der Waals surface area contributed by atoms with Crippen molar-refractivity contribution in [2.45, 2.75) is 39.2 Å². The van der Waals surface area contributed by atoms with Crippen LogP contribution < -0.4 is 0 Å². The average Bonchev–Trinajstić information content (AvgIpc) is 2.73. The normalized spacial score (nSPS) is 21.4. The highest BCUT2D eigenvalue weighted by Crippen LogP contribution is 2.21. The fourth-order valence-electron chi connectivity index (χ4n) is 2.11. The van der Waals surface area contributed by atoms with Crippen LogP contribution >= 0.6 is 0 Å². The largest absolute Gasteiger partial charge is 0.481 e. The van der Waals surface area contributed by atoms with E-state index < -0.39 is 5.97 Å². The average molecular weight is 242 g/mol. The minimum atomic E-state index is -0.778. The zero-order chi connectivity index (χ0) is 13.0. The van der Waals surface area contributed by atoms with E-state index in [0.717, 1.165) is 12.8 Å². The Morgan fingerprint density at radius 2 is 2.18 bits per heavy atom. The first-order valence-corrected chi connectivity index (χ1v) is 6.19. The van der Waals surface area contributed by atoms with Crippen LogP contribution in [0.25, 0.3) is 0 Å². The molecule has 1 rings (SSSR count). The van der Waals surface area contributed by atoms with Gasteiger partial charge in [0.1, 0.15) is 0 Å². The minimum absolute atomic E-state index is 0.0206. The Morgan fingerprint density at radius 1 is 1.53 bits per heavy atom. The van der Waals surface area contributed by atoms with Crippen LogP contribution in [0.5, 0.6) is 0 Å². The Kier molecular flexibility index (Phi) is 4.78. The SMILES string of the molecule is CCC(C)N(C)C(=O)N1CCC(CC(=O)O)C1. The molecule has 1 aliphatic rings. The summed E-state index contributed by atoms with van der Waals surface area (Å²) < 4.78 is 0. The number of amides is 2. The molecule has 0 saturated carbocycles. The third kappa shape index (κ3) is 3.61. The Bertz CT molecular complexity index is 293. The van der Waals surface area contributed by atoms with Gasteiger partial charge < -0.3 is 14.9 Å². The second kappa shape index (κ2) is 5.89. The Morgan fingerprint density at radius 3 is 2.71 bits per heavy atom. The first-order valence-electron chi connectivity index (χ1n) is 6.19. The first kappa shape index (κ1) is 13.8. The first-order chi connectivity index (χ1) is 7.95. The lowest BCUT2D eigenvalue weighted by atomic mass is 10.1. The Labute approximate surface area is 102 Å². The van der Waals surface area contributed by atoms with Crippen molar-refractivity contribution in [2.75, 3.05) is 20.1 Å². The lowest BCUT2D eigenvalue weighted by Gasteiger charge is -2.29. The number of nitrogens with zero attached hydrogens (tertiary/aromatic N) is 2. The van der Waals surface area contributed by atoms with E-state index in [4.69, 9.17) is 5.11 Å². The predicted molar refractivity (Wildman–Crippen MR) is 64.8 cm³/mol. The molecule has 0 aliphatic carbocycles. The van der Waals surface area contributed by atoms with Crippen LogP contribution in [0, 0.1) is 5.92 Å².